The molecule has 1 aliphatic heterocycles. The Labute approximate surface area is 212 Å². The van der Waals surface area contributed by atoms with Gasteiger partial charge in [0.15, 0.2) is 0 Å². The average Bonchev–Trinajstić information content (AvgIpc) is 3.37. The number of carbonyl (C=O) groups is 1. The van der Waals surface area contributed by atoms with Crippen molar-refractivity contribution in [3.63, 3.8) is 0 Å². The lowest BCUT2D eigenvalue weighted by atomic mass is 10.0. The van der Waals surface area contributed by atoms with E-state index in [-0.39, 0.29) is 5.91 Å². The highest BCUT2D eigenvalue weighted by Crippen LogP contribution is 2.33. The number of nitrogens with zero attached hydrogens (tertiary/aromatic N) is 3. The number of hydrogen-bond acceptors (Lipinski definition) is 4. The summed E-state index contributed by atoms with van der Waals surface area (Å²) in [6, 6.07) is 19.0. The quantitative estimate of drug-likeness (QED) is 0.175. The van der Waals surface area contributed by atoms with Crippen LogP contribution >= 0.6 is 0 Å². The molecular formula is C29H30N4O2Si. The van der Waals surface area contributed by atoms with Crippen LogP contribution < -0.4 is 5.32 Å². The maximum Gasteiger partial charge on any atom is 0.256 e. The van der Waals surface area contributed by atoms with Gasteiger partial charge in [-0.15, -0.1) is 0 Å². The summed E-state index contributed by atoms with van der Waals surface area (Å²) in [6.45, 7) is 8.14. The van der Waals surface area contributed by atoms with E-state index >= 15 is 0 Å². The Balaban J connectivity index is 1.49. The van der Waals surface area contributed by atoms with Gasteiger partial charge in [0.05, 0.1) is 11.2 Å². The summed E-state index contributed by atoms with van der Waals surface area (Å²) in [5, 5.41) is 8.84. The number of nitrogens with one attached hydrogen (secondary N) is 1. The van der Waals surface area contributed by atoms with Crippen LogP contribution in [0.3, 0.4) is 0 Å². The number of benzene rings is 2. The molecule has 0 unspecified atom stereocenters. The molecule has 0 atom stereocenters. The van der Waals surface area contributed by atoms with Crippen LogP contribution in [-0.2, 0) is 16.3 Å². The van der Waals surface area contributed by atoms with Crippen LogP contribution in [0.4, 0.5) is 5.69 Å². The first-order chi connectivity index (χ1) is 17.4. The first kappa shape index (κ1) is 23.9. The third-order valence-corrected chi connectivity index (χ3v) is 7.88. The number of rotatable bonds is 8. The minimum Gasteiger partial charge on any atom is -0.360 e. The predicted molar refractivity (Wildman–Crippen MR) is 150 cm³/mol. The molecule has 0 fully saturated rings. The highest BCUT2D eigenvalue weighted by Gasteiger charge is 2.23. The molecule has 1 aliphatic rings. The lowest BCUT2D eigenvalue weighted by molar-refractivity contribution is -0.110. The van der Waals surface area contributed by atoms with Crippen LogP contribution in [0.15, 0.2) is 67.0 Å². The highest BCUT2D eigenvalue weighted by atomic mass is 28.3. The van der Waals surface area contributed by atoms with Crippen LogP contribution in [0.25, 0.3) is 34.7 Å². The Hall–Kier alpha value is -3.81. The van der Waals surface area contributed by atoms with Gasteiger partial charge in [-0.2, -0.15) is 5.10 Å². The molecule has 0 spiro atoms. The van der Waals surface area contributed by atoms with Crippen LogP contribution in [0.2, 0.25) is 25.7 Å². The number of anilines is 1. The lowest BCUT2D eigenvalue weighted by Gasteiger charge is -2.15. The molecule has 6 nitrogen and oxygen atoms in total. The molecule has 1 amide bonds. The molecule has 0 radical (unpaired) electrons. The van der Waals surface area contributed by atoms with Gasteiger partial charge in [0.1, 0.15) is 6.73 Å². The molecule has 2 aromatic carbocycles. The fourth-order valence-electron chi connectivity index (χ4n) is 4.16. The number of ether oxygens (including phenoxy) is 1. The second kappa shape index (κ2) is 10.0. The first-order valence-corrected chi connectivity index (χ1v) is 15.9. The number of aromatic nitrogens is 3. The van der Waals surface area contributed by atoms with Gasteiger partial charge >= 0.3 is 0 Å². The normalized spacial score (nSPS) is 14.6. The number of pyridine rings is 1. The number of amides is 1. The number of para-hydroxylation sites is 1. The van der Waals surface area contributed by atoms with E-state index in [2.05, 4.69) is 42.1 Å². The number of carbonyl (C=O) groups excluding carboxylic acids is 1. The zero-order valence-electron chi connectivity index (χ0n) is 20.9. The summed E-state index contributed by atoms with van der Waals surface area (Å²) in [4.78, 5) is 16.7. The minimum absolute atomic E-state index is 0.0829. The van der Waals surface area contributed by atoms with Crippen molar-refractivity contribution in [1.82, 2.24) is 14.8 Å². The van der Waals surface area contributed by atoms with E-state index in [4.69, 9.17) is 9.84 Å². The van der Waals surface area contributed by atoms with Gasteiger partial charge in [0.2, 0.25) is 0 Å². The molecular weight excluding hydrogens is 464 g/mol. The summed E-state index contributed by atoms with van der Waals surface area (Å²) in [6.07, 6.45) is 9.56. The number of hydrogen-bond donors (Lipinski definition) is 1. The largest absolute Gasteiger partial charge is 0.360 e. The molecule has 36 heavy (non-hydrogen) atoms. The highest BCUT2D eigenvalue weighted by molar-refractivity contribution is 6.76. The van der Waals surface area contributed by atoms with E-state index < -0.39 is 8.07 Å². The predicted octanol–water partition coefficient (Wildman–Crippen LogP) is 6.41. The molecule has 1 N–H and O–H groups in total. The van der Waals surface area contributed by atoms with E-state index in [0.29, 0.717) is 12.3 Å². The molecule has 2 aromatic heterocycles. The van der Waals surface area contributed by atoms with Crippen molar-refractivity contribution in [1.29, 1.82) is 0 Å². The number of fused-ring (bicyclic) bond motifs is 2. The third kappa shape index (κ3) is 5.37. The Morgan fingerprint density at radius 2 is 1.81 bits per heavy atom. The Morgan fingerprint density at radius 3 is 2.61 bits per heavy atom. The lowest BCUT2D eigenvalue weighted by Crippen LogP contribution is -2.22. The zero-order valence-corrected chi connectivity index (χ0v) is 21.9. The second-order valence-corrected chi connectivity index (χ2v) is 15.8. The van der Waals surface area contributed by atoms with Gasteiger partial charge in [-0.25, -0.2) is 4.68 Å². The van der Waals surface area contributed by atoms with Crippen molar-refractivity contribution >= 4 is 54.4 Å². The SMILES string of the molecule is C[Si](C)(C)CCOCn1nc(C=Cc2ccncc2)c2ccc(C=C3C(=O)Nc4ccccc43)cc21. The van der Waals surface area contributed by atoms with Gasteiger partial charge in [-0.1, -0.05) is 50.0 Å². The Kier molecular flexibility index (Phi) is 6.67. The maximum absolute atomic E-state index is 12.6. The van der Waals surface area contributed by atoms with Crippen molar-refractivity contribution in [2.75, 3.05) is 11.9 Å². The summed E-state index contributed by atoms with van der Waals surface area (Å²) in [5.41, 5.74) is 6.28. The summed E-state index contributed by atoms with van der Waals surface area (Å²) in [5.74, 6) is -0.0829. The first-order valence-electron chi connectivity index (χ1n) is 12.2. The molecule has 0 saturated heterocycles. The van der Waals surface area contributed by atoms with Crippen LogP contribution in [0.1, 0.15) is 22.4 Å². The van der Waals surface area contributed by atoms with Gasteiger partial charge in [-0.05, 0) is 59.7 Å². The molecule has 0 saturated carbocycles. The summed E-state index contributed by atoms with van der Waals surface area (Å²) >= 11 is 0. The fourth-order valence-corrected chi connectivity index (χ4v) is 4.91. The smallest absolute Gasteiger partial charge is 0.256 e. The van der Waals surface area contributed by atoms with Gasteiger partial charge < -0.3 is 10.1 Å². The van der Waals surface area contributed by atoms with E-state index in [0.717, 1.165) is 51.6 Å². The third-order valence-electron chi connectivity index (χ3n) is 6.18. The van der Waals surface area contributed by atoms with Crippen molar-refractivity contribution in [3.8, 4) is 0 Å². The molecule has 5 rings (SSSR count). The van der Waals surface area contributed by atoms with Gasteiger partial charge in [-0.3, -0.25) is 9.78 Å². The van der Waals surface area contributed by atoms with E-state index in [9.17, 15) is 4.79 Å². The maximum atomic E-state index is 12.6. The minimum atomic E-state index is -1.18. The summed E-state index contributed by atoms with van der Waals surface area (Å²) in [7, 11) is -1.18. The monoisotopic (exact) mass is 494 g/mol. The second-order valence-electron chi connectivity index (χ2n) is 10.2. The van der Waals surface area contributed by atoms with Crippen molar-refractivity contribution in [3.05, 3.63) is 89.4 Å². The van der Waals surface area contributed by atoms with Crippen LogP contribution in [0.5, 0.6) is 0 Å². The fraction of sp³-hybridized carbons (Fsp3) is 0.207. The molecule has 4 aromatic rings. The summed E-state index contributed by atoms with van der Waals surface area (Å²) < 4.78 is 7.95. The van der Waals surface area contributed by atoms with E-state index in [1.807, 2.05) is 65.4 Å². The Bertz CT molecular complexity index is 1470. The molecule has 182 valence electrons. The average molecular weight is 495 g/mol. The van der Waals surface area contributed by atoms with Crippen molar-refractivity contribution in [2.24, 2.45) is 0 Å². The molecule has 7 heteroatoms. The van der Waals surface area contributed by atoms with E-state index in [1.165, 1.54) is 0 Å². The molecule has 3 heterocycles. The topological polar surface area (TPSA) is 69.0 Å². The van der Waals surface area contributed by atoms with Gasteiger partial charge in [0, 0.05) is 49.3 Å². The van der Waals surface area contributed by atoms with Crippen molar-refractivity contribution in [2.45, 2.75) is 32.4 Å². The Morgan fingerprint density at radius 1 is 1.00 bits per heavy atom. The van der Waals surface area contributed by atoms with Crippen LogP contribution in [-0.4, -0.2) is 35.4 Å². The molecule has 0 bridgehead atoms. The van der Waals surface area contributed by atoms with E-state index in [1.54, 1.807) is 12.4 Å². The van der Waals surface area contributed by atoms with Gasteiger partial charge in [0.25, 0.3) is 5.91 Å². The molecule has 0 aliphatic carbocycles. The standard InChI is InChI=1S/C29H30N4O2Si/c1-36(2,3)17-16-35-20-33-28-19-22(18-25-23-6-4-5-7-26(23)31-29(25)34)8-10-24(28)27(32-33)11-9-21-12-14-30-15-13-21/h4-15,18-19H,16-17,20H2,1-3H3,(H,31,34). The van der Waals surface area contributed by atoms with Crippen LogP contribution in [0, 0.1) is 0 Å². The van der Waals surface area contributed by atoms with Crippen molar-refractivity contribution < 1.29 is 9.53 Å². The zero-order chi connectivity index (χ0) is 25.1.